The van der Waals surface area contributed by atoms with Crippen LogP contribution < -0.4 is 4.74 Å². The molecule has 5 rings (SSSR count). The molecule has 1 unspecified atom stereocenters. The first kappa shape index (κ1) is 30.6. The van der Waals surface area contributed by atoms with Crippen LogP contribution in [-0.2, 0) is 25.5 Å². The van der Waals surface area contributed by atoms with Crippen molar-refractivity contribution in [3.63, 3.8) is 0 Å². The largest absolute Gasteiger partial charge is 0.511 e. The van der Waals surface area contributed by atoms with E-state index >= 15 is 0 Å². The number of hydrogen-bond donors (Lipinski definition) is 1. The topological polar surface area (TPSA) is 107 Å². The first-order valence-corrected chi connectivity index (χ1v) is 14.8. The highest BCUT2D eigenvalue weighted by Gasteiger charge is 2.65. The minimum absolute atomic E-state index is 0.139. The van der Waals surface area contributed by atoms with Gasteiger partial charge in [0.25, 0.3) is 0 Å². The zero-order valence-electron chi connectivity index (χ0n) is 26.3. The summed E-state index contributed by atoms with van der Waals surface area (Å²) in [6.07, 6.45) is 1.37. The van der Waals surface area contributed by atoms with Crippen molar-refractivity contribution < 1.29 is 33.8 Å². The molecule has 0 aromatic heterocycles. The van der Waals surface area contributed by atoms with Gasteiger partial charge in [-0.05, 0) is 93.7 Å². The van der Waals surface area contributed by atoms with Crippen LogP contribution in [0.2, 0.25) is 0 Å². The molecule has 0 heterocycles. The summed E-state index contributed by atoms with van der Waals surface area (Å²) < 4.78 is 10.6. The van der Waals surface area contributed by atoms with Gasteiger partial charge in [0.2, 0.25) is 0 Å². The average Bonchev–Trinajstić information content (AvgIpc) is 2.91. The van der Waals surface area contributed by atoms with Crippen LogP contribution in [0.4, 0.5) is 0 Å². The number of Topliss-reactive ketones (excluding diaryl/α,β-unsaturated/α-hetero) is 3. The maximum Gasteiger partial charge on any atom is 0.313 e. The van der Waals surface area contributed by atoms with Gasteiger partial charge in [-0.15, -0.1) is 0 Å². The van der Waals surface area contributed by atoms with Crippen molar-refractivity contribution >= 4 is 23.3 Å². The highest BCUT2D eigenvalue weighted by molar-refractivity contribution is 6.24. The molecule has 0 radical (unpaired) electrons. The third kappa shape index (κ3) is 4.60. The van der Waals surface area contributed by atoms with Crippen LogP contribution in [0.3, 0.4) is 0 Å². The number of aliphatic hydroxyl groups excluding tert-OH is 1. The van der Waals surface area contributed by atoms with Gasteiger partial charge < -0.3 is 14.6 Å². The number of aliphatic hydroxyl groups is 1. The molecule has 0 spiro atoms. The van der Waals surface area contributed by atoms with E-state index in [1.165, 1.54) is 6.92 Å². The molecule has 2 aromatic rings. The molecule has 43 heavy (non-hydrogen) atoms. The van der Waals surface area contributed by atoms with Crippen LogP contribution in [0.5, 0.6) is 5.75 Å². The molecule has 226 valence electrons. The fourth-order valence-electron chi connectivity index (χ4n) is 7.92. The number of benzene rings is 2. The van der Waals surface area contributed by atoms with E-state index in [0.717, 1.165) is 27.8 Å². The lowest BCUT2D eigenvalue weighted by Gasteiger charge is -2.57. The van der Waals surface area contributed by atoms with Crippen molar-refractivity contribution in [1.82, 2.24) is 0 Å². The van der Waals surface area contributed by atoms with Crippen LogP contribution in [0.15, 0.2) is 58.9 Å². The molecule has 3 aliphatic rings. The molecule has 4 atom stereocenters. The molecule has 7 nitrogen and oxygen atoms in total. The van der Waals surface area contributed by atoms with Gasteiger partial charge in [0.1, 0.15) is 11.5 Å². The molecule has 0 aliphatic heterocycles. The van der Waals surface area contributed by atoms with Crippen LogP contribution in [-0.4, -0.2) is 41.6 Å². The Bertz CT molecular complexity index is 1640. The molecular weight excluding hydrogens is 544 g/mol. The fraction of sp³-hybridized carbons (Fsp3) is 0.444. The quantitative estimate of drug-likeness (QED) is 0.225. The van der Waals surface area contributed by atoms with Gasteiger partial charge in [0.15, 0.2) is 17.3 Å². The molecule has 3 aliphatic carbocycles. The van der Waals surface area contributed by atoms with Crippen molar-refractivity contribution in [2.24, 2.45) is 16.2 Å². The molecule has 0 amide bonds. The summed E-state index contributed by atoms with van der Waals surface area (Å²) in [6, 6.07) is 11.1. The Balaban J connectivity index is 1.59. The maximum absolute atomic E-state index is 14.4. The van der Waals surface area contributed by atoms with E-state index < -0.39 is 22.0 Å². The second-order valence-corrected chi connectivity index (χ2v) is 13.4. The van der Waals surface area contributed by atoms with Crippen molar-refractivity contribution in [2.75, 3.05) is 7.11 Å². The minimum atomic E-state index is -1.38. The summed E-state index contributed by atoms with van der Waals surface area (Å²) in [4.78, 5) is 53.0. The first-order chi connectivity index (χ1) is 20.1. The van der Waals surface area contributed by atoms with Crippen LogP contribution in [0.25, 0.3) is 11.1 Å². The summed E-state index contributed by atoms with van der Waals surface area (Å²) >= 11 is 0. The molecular formula is C36H40O7. The number of hydrogen-bond acceptors (Lipinski definition) is 7. The normalized spacial score (nSPS) is 27.3. The number of ketones is 3. The molecule has 0 saturated carbocycles. The highest BCUT2D eigenvalue weighted by Crippen LogP contribution is 2.66. The smallest absolute Gasteiger partial charge is 0.313 e. The fourth-order valence-corrected chi connectivity index (χ4v) is 7.92. The summed E-state index contributed by atoms with van der Waals surface area (Å²) in [5.41, 5.74) is 2.34. The number of esters is 1. The molecule has 1 N–H and O–H groups in total. The Morgan fingerprint density at radius 1 is 1.00 bits per heavy atom. The van der Waals surface area contributed by atoms with Gasteiger partial charge in [0, 0.05) is 23.7 Å². The second-order valence-electron chi connectivity index (χ2n) is 13.4. The standard InChI is InChI=1S/C36H40O7/c1-19-9-14-25(23-10-12-24(13-11-23)43-27(38)15-21(3)42-8)26-17-34(5)18-35(6)16-20(2)28(22(4)37)32(40)36(35,7)33(41)30(34)31(39)29(19)26/h9-14,21,41H,15-18H2,1-8H3/t21?,34-,35+,36-/m0/s1. The number of ether oxygens (including phenoxy) is 2. The van der Waals surface area contributed by atoms with Crippen molar-refractivity contribution in [3.05, 3.63) is 75.6 Å². The number of methoxy groups -OCH3 is 1. The van der Waals surface area contributed by atoms with Gasteiger partial charge in [-0.2, -0.15) is 0 Å². The Kier molecular flexibility index (Phi) is 7.41. The lowest BCUT2D eigenvalue weighted by molar-refractivity contribution is -0.138. The Morgan fingerprint density at radius 3 is 2.26 bits per heavy atom. The molecule has 7 heteroatoms. The van der Waals surface area contributed by atoms with Gasteiger partial charge in [-0.25, -0.2) is 0 Å². The van der Waals surface area contributed by atoms with Crippen molar-refractivity contribution in [3.8, 4) is 16.9 Å². The minimum Gasteiger partial charge on any atom is -0.511 e. The van der Waals surface area contributed by atoms with E-state index in [1.54, 1.807) is 33.1 Å². The summed E-state index contributed by atoms with van der Waals surface area (Å²) in [5, 5.41) is 11.9. The van der Waals surface area contributed by atoms with E-state index in [9.17, 15) is 24.3 Å². The zero-order valence-corrected chi connectivity index (χ0v) is 26.3. The van der Waals surface area contributed by atoms with E-state index in [-0.39, 0.29) is 47.0 Å². The number of fused-ring (bicyclic) bond motifs is 3. The monoisotopic (exact) mass is 584 g/mol. The molecule has 0 saturated heterocycles. The van der Waals surface area contributed by atoms with Gasteiger partial charge in [0.05, 0.1) is 23.5 Å². The van der Waals surface area contributed by atoms with Crippen LogP contribution >= 0.6 is 0 Å². The molecule has 2 aromatic carbocycles. The number of carbonyl (C=O) groups excluding carboxylic acids is 4. The van der Waals surface area contributed by atoms with E-state index in [2.05, 4.69) is 0 Å². The van der Waals surface area contributed by atoms with Gasteiger partial charge in [-0.1, -0.05) is 43.7 Å². The predicted molar refractivity (Wildman–Crippen MR) is 163 cm³/mol. The Morgan fingerprint density at radius 2 is 1.65 bits per heavy atom. The predicted octanol–water partition coefficient (Wildman–Crippen LogP) is 6.84. The van der Waals surface area contributed by atoms with Crippen molar-refractivity contribution in [2.45, 2.75) is 80.3 Å². The lowest BCUT2D eigenvalue weighted by Crippen LogP contribution is -2.57. The average molecular weight is 585 g/mol. The van der Waals surface area contributed by atoms with E-state index in [0.29, 0.717) is 30.6 Å². The number of allylic oxidation sites excluding steroid dienone is 4. The third-order valence-electron chi connectivity index (χ3n) is 10.2. The second kappa shape index (κ2) is 10.4. The van der Waals surface area contributed by atoms with Crippen molar-refractivity contribution in [1.29, 1.82) is 0 Å². The zero-order chi connectivity index (χ0) is 31.6. The van der Waals surface area contributed by atoms with Crippen LogP contribution in [0, 0.1) is 23.2 Å². The number of rotatable bonds is 6. The third-order valence-corrected chi connectivity index (χ3v) is 10.2. The Labute approximate surface area is 253 Å². The summed E-state index contributed by atoms with van der Waals surface area (Å²) in [5.74, 6) is -1.15. The van der Waals surface area contributed by atoms with Gasteiger partial charge in [-0.3, -0.25) is 19.2 Å². The van der Waals surface area contributed by atoms with Gasteiger partial charge >= 0.3 is 5.97 Å². The SMILES string of the molecule is COC(C)CC(=O)Oc1ccc(-c2ccc(C)c3c2C[C@@]2(C)C[C@@]4(C)CC(C)=C(C(C)=O)C(=O)[C@@]4(C)C(O)=C2C3=O)cc1. The molecule has 0 bridgehead atoms. The van der Waals surface area contributed by atoms with E-state index in [1.807, 2.05) is 52.0 Å². The van der Waals surface area contributed by atoms with Crippen LogP contribution in [0.1, 0.15) is 82.3 Å². The Hall–Kier alpha value is -3.84. The lowest BCUT2D eigenvalue weighted by atomic mass is 9.44. The first-order valence-electron chi connectivity index (χ1n) is 14.8. The highest BCUT2D eigenvalue weighted by atomic mass is 16.5. The summed E-state index contributed by atoms with van der Waals surface area (Å²) in [6.45, 7) is 12.6. The number of carbonyl (C=O) groups is 4. The van der Waals surface area contributed by atoms with E-state index in [4.69, 9.17) is 9.47 Å². The molecule has 0 fully saturated rings. The number of aryl methyl sites for hydroxylation is 1. The maximum atomic E-state index is 14.4. The summed E-state index contributed by atoms with van der Waals surface area (Å²) in [7, 11) is 1.55.